The van der Waals surface area contributed by atoms with Crippen molar-refractivity contribution >= 4 is 35.0 Å². The standard InChI is InChI=1S/C14H11ClO3S/c15-12-5-1-3-10(6-7-13(16)17)14(12)18-9-11-4-2-8-19-11/h1-8H,9H2,(H,16,17)/b7-6+. The topological polar surface area (TPSA) is 46.5 Å². The zero-order chi connectivity index (χ0) is 13.7. The summed E-state index contributed by atoms with van der Waals surface area (Å²) in [5.41, 5.74) is 0.645. The molecule has 98 valence electrons. The molecule has 0 bridgehead atoms. The minimum absolute atomic E-state index is 0.412. The first-order chi connectivity index (χ1) is 9.16. The number of aliphatic carboxylic acids is 1. The zero-order valence-electron chi connectivity index (χ0n) is 9.88. The number of hydrogen-bond acceptors (Lipinski definition) is 3. The van der Waals surface area contributed by atoms with E-state index in [1.807, 2.05) is 17.5 Å². The average molecular weight is 295 g/mol. The molecule has 1 heterocycles. The van der Waals surface area contributed by atoms with Crippen molar-refractivity contribution < 1.29 is 14.6 Å². The van der Waals surface area contributed by atoms with Crippen LogP contribution in [0.25, 0.3) is 6.08 Å². The molecule has 0 atom stereocenters. The average Bonchev–Trinajstić information content (AvgIpc) is 2.88. The Morgan fingerprint density at radius 1 is 1.37 bits per heavy atom. The summed E-state index contributed by atoms with van der Waals surface area (Å²) in [5, 5.41) is 11.1. The lowest BCUT2D eigenvalue weighted by molar-refractivity contribution is -0.131. The zero-order valence-corrected chi connectivity index (χ0v) is 11.4. The lowest BCUT2D eigenvalue weighted by atomic mass is 10.2. The SMILES string of the molecule is O=C(O)/C=C/c1cccc(Cl)c1OCc1cccs1. The Balaban J connectivity index is 2.20. The Morgan fingerprint density at radius 2 is 2.21 bits per heavy atom. The van der Waals surface area contributed by atoms with Crippen molar-refractivity contribution in [3.63, 3.8) is 0 Å². The number of rotatable bonds is 5. The lowest BCUT2D eigenvalue weighted by Gasteiger charge is -2.10. The van der Waals surface area contributed by atoms with E-state index in [2.05, 4.69) is 0 Å². The Morgan fingerprint density at radius 3 is 2.89 bits per heavy atom. The van der Waals surface area contributed by atoms with Crippen LogP contribution in [0.1, 0.15) is 10.4 Å². The van der Waals surface area contributed by atoms with Crippen molar-refractivity contribution in [2.75, 3.05) is 0 Å². The maximum absolute atomic E-state index is 10.6. The van der Waals surface area contributed by atoms with Crippen LogP contribution in [0.3, 0.4) is 0 Å². The second kappa shape index (κ2) is 6.41. The highest BCUT2D eigenvalue weighted by Crippen LogP contribution is 2.30. The molecular formula is C14H11ClO3S. The number of benzene rings is 1. The predicted molar refractivity (Wildman–Crippen MR) is 76.8 cm³/mol. The number of thiophene rings is 1. The van der Waals surface area contributed by atoms with Gasteiger partial charge in [-0.3, -0.25) is 0 Å². The molecule has 19 heavy (non-hydrogen) atoms. The molecule has 0 unspecified atom stereocenters. The van der Waals surface area contributed by atoms with Gasteiger partial charge in [-0.1, -0.05) is 29.8 Å². The largest absolute Gasteiger partial charge is 0.486 e. The van der Waals surface area contributed by atoms with Crippen molar-refractivity contribution in [2.45, 2.75) is 6.61 Å². The number of para-hydroxylation sites is 1. The van der Waals surface area contributed by atoms with Crippen LogP contribution in [0, 0.1) is 0 Å². The summed E-state index contributed by atoms with van der Waals surface area (Å²) in [6.45, 7) is 0.412. The molecule has 3 nitrogen and oxygen atoms in total. The summed E-state index contributed by atoms with van der Waals surface area (Å²) in [5.74, 6) is -0.515. The Bertz CT molecular complexity index is 591. The molecule has 1 N–H and O–H groups in total. The van der Waals surface area contributed by atoms with Crippen LogP contribution in [0.5, 0.6) is 5.75 Å². The first-order valence-electron chi connectivity index (χ1n) is 5.51. The van der Waals surface area contributed by atoms with Gasteiger partial charge in [-0.15, -0.1) is 11.3 Å². The van der Waals surface area contributed by atoms with Gasteiger partial charge in [0.05, 0.1) is 5.02 Å². The molecule has 1 aromatic heterocycles. The minimum atomic E-state index is -1.01. The first-order valence-corrected chi connectivity index (χ1v) is 6.77. The fraction of sp³-hybridized carbons (Fsp3) is 0.0714. The van der Waals surface area contributed by atoms with Gasteiger partial charge in [0.15, 0.2) is 0 Å². The van der Waals surface area contributed by atoms with Crippen molar-refractivity contribution in [1.82, 2.24) is 0 Å². The number of hydrogen-bond donors (Lipinski definition) is 1. The maximum Gasteiger partial charge on any atom is 0.328 e. The molecule has 0 aliphatic heterocycles. The van der Waals surface area contributed by atoms with E-state index >= 15 is 0 Å². The molecule has 0 aliphatic carbocycles. The number of ether oxygens (including phenoxy) is 1. The van der Waals surface area contributed by atoms with Gasteiger partial charge in [-0.05, 0) is 23.6 Å². The van der Waals surface area contributed by atoms with E-state index in [1.54, 1.807) is 29.5 Å². The monoisotopic (exact) mass is 294 g/mol. The predicted octanol–water partition coefficient (Wildman–Crippen LogP) is 4.08. The minimum Gasteiger partial charge on any atom is -0.486 e. The molecule has 0 saturated heterocycles. The normalized spacial score (nSPS) is 10.8. The molecule has 0 aliphatic rings. The van der Waals surface area contributed by atoms with Crippen molar-refractivity contribution in [3.8, 4) is 5.75 Å². The third kappa shape index (κ3) is 3.84. The van der Waals surface area contributed by atoms with Gasteiger partial charge >= 0.3 is 5.97 Å². The second-order valence-corrected chi connectivity index (χ2v) is 5.14. The molecule has 0 spiro atoms. The van der Waals surface area contributed by atoms with Crippen LogP contribution in [-0.4, -0.2) is 11.1 Å². The highest BCUT2D eigenvalue weighted by molar-refractivity contribution is 7.09. The molecule has 0 radical (unpaired) electrons. The van der Waals surface area contributed by atoms with Crippen LogP contribution in [-0.2, 0) is 11.4 Å². The van der Waals surface area contributed by atoms with Crippen LogP contribution in [0.2, 0.25) is 5.02 Å². The molecular weight excluding hydrogens is 284 g/mol. The van der Waals surface area contributed by atoms with Crippen LogP contribution in [0.4, 0.5) is 0 Å². The highest BCUT2D eigenvalue weighted by atomic mass is 35.5. The Hall–Kier alpha value is -1.78. The number of carboxylic acids is 1. The van der Waals surface area contributed by atoms with Gasteiger partial charge in [0.1, 0.15) is 12.4 Å². The molecule has 0 amide bonds. The summed E-state index contributed by atoms with van der Waals surface area (Å²) in [6.07, 6.45) is 2.53. The Kier molecular flexibility index (Phi) is 4.60. The third-order valence-corrected chi connectivity index (χ3v) is 3.49. The van der Waals surface area contributed by atoms with Crippen LogP contribution >= 0.6 is 22.9 Å². The van der Waals surface area contributed by atoms with E-state index in [0.717, 1.165) is 11.0 Å². The van der Waals surface area contributed by atoms with E-state index < -0.39 is 5.97 Å². The fourth-order valence-corrected chi connectivity index (χ4v) is 2.36. The van der Waals surface area contributed by atoms with Gasteiger partial charge in [-0.2, -0.15) is 0 Å². The summed E-state index contributed by atoms with van der Waals surface area (Å²) in [6, 6.07) is 9.13. The highest BCUT2D eigenvalue weighted by Gasteiger charge is 2.07. The number of carboxylic acid groups (broad SMARTS) is 1. The molecule has 5 heteroatoms. The lowest BCUT2D eigenvalue weighted by Crippen LogP contribution is -1.96. The number of halogens is 1. The first kappa shape index (κ1) is 13.6. The number of carbonyl (C=O) groups is 1. The summed E-state index contributed by atoms with van der Waals surface area (Å²) in [4.78, 5) is 11.6. The van der Waals surface area contributed by atoms with Gasteiger partial charge in [0.2, 0.25) is 0 Å². The maximum atomic E-state index is 10.6. The van der Waals surface area contributed by atoms with Crippen molar-refractivity contribution in [2.24, 2.45) is 0 Å². The summed E-state index contributed by atoms with van der Waals surface area (Å²) in [7, 11) is 0. The molecule has 1 aromatic carbocycles. The second-order valence-electron chi connectivity index (χ2n) is 3.70. The van der Waals surface area contributed by atoms with Crippen molar-refractivity contribution in [1.29, 1.82) is 0 Å². The molecule has 2 aromatic rings. The van der Waals surface area contributed by atoms with Gasteiger partial charge < -0.3 is 9.84 Å². The molecule has 0 fully saturated rings. The summed E-state index contributed by atoms with van der Waals surface area (Å²) < 4.78 is 5.68. The molecule has 2 rings (SSSR count). The van der Waals surface area contributed by atoms with Gasteiger partial charge in [0, 0.05) is 16.5 Å². The fourth-order valence-electron chi connectivity index (χ4n) is 1.51. The smallest absolute Gasteiger partial charge is 0.328 e. The van der Waals surface area contributed by atoms with Gasteiger partial charge in [-0.25, -0.2) is 4.79 Å². The van der Waals surface area contributed by atoms with Crippen LogP contribution < -0.4 is 4.74 Å². The quantitative estimate of drug-likeness (QED) is 0.845. The van der Waals surface area contributed by atoms with Crippen molar-refractivity contribution in [3.05, 3.63) is 57.3 Å². The van der Waals surface area contributed by atoms with E-state index in [4.69, 9.17) is 21.4 Å². The van der Waals surface area contributed by atoms with Crippen LogP contribution in [0.15, 0.2) is 41.8 Å². The molecule has 0 saturated carbocycles. The Labute approximate surface area is 119 Å². The third-order valence-electron chi connectivity index (χ3n) is 2.34. The van der Waals surface area contributed by atoms with E-state index in [0.29, 0.717) is 22.9 Å². The van der Waals surface area contributed by atoms with Gasteiger partial charge in [0.25, 0.3) is 0 Å². The van der Waals surface area contributed by atoms with E-state index in [1.165, 1.54) is 6.08 Å². The van der Waals surface area contributed by atoms with E-state index in [-0.39, 0.29) is 0 Å². The van der Waals surface area contributed by atoms with E-state index in [9.17, 15) is 4.79 Å². The summed E-state index contributed by atoms with van der Waals surface area (Å²) >= 11 is 7.67.